The van der Waals surface area contributed by atoms with E-state index in [0.29, 0.717) is 5.92 Å². The van der Waals surface area contributed by atoms with Crippen molar-refractivity contribution in [3.05, 3.63) is 35.9 Å². The Balaban J connectivity index is 2.77. The predicted molar refractivity (Wildman–Crippen MR) is 54.0 cm³/mol. The average Bonchev–Trinajstić information content (AvgIpc) is 2.48. The minimum absolute atomic E-state index is 0.555. The van der Waals surface area contributed by atoms with Crippen LogP contribution in [0, 0.1) is 6.92 Å². The second-order valence-corrected chi connectivity index (χ2v) is 3.68. The van der Waals surface area contributed by atoms with E-state index in [-0.39, 0.29) is 0 Å². The SMILES string of the molecule is Cc1ncc2c(C(C)C)cccn12. The minimum Gasteiger partial charge on any atom is -0.304 e. The maximum atomic E-state index is 4.30. The molecule has 2 heteroatoms. The minimum atomic E-state index is 0.555. The van der Waals surface area contributed by atoms with Crippen molar-refractivity contribution < 1.29 is 0 Å². The second kappa shape index (κ2) is 2.87. The molecule has 0 spiro atoms. The van der Waals surface area contributed by atoms with Crippen LogP contribution >= 0.6 is 0 Å². The quantitative estimate of drug-likeness (QED) is 0.649. The van der Waals surface area contributed by atoms with E-state index in [0.717, 1.165) is 5.82 Å². The molecule has 0 aliphatic rings. The highest BCUT2D eigenvalue weighted by Crippen LogP contribution is 2.20. The van der Waals surface area contributed by atoms with E-state index in [4.69, 9.17) is 0 Å². The second-order valence-electron chi connectivity index (χ2n) is 3.68. The lowest BCUT2D eigenvalue weighted by Gasteiger charge is -2.07. The first-order valence-corrected chi connectivity index (χ1v) is 4.62. The lowest BCUT2D eigenvalue weighted by Crippen LogP contribution is -1.93. The lowest BCUT2D eigenvalue weighted by atomic mass is 10.0. The van der Waals surface area contributed by atoms with Gasteiger partial charge < -0.3 is 4.40 Å². The van der Waals surface area contributed by atoms with E-state index in [9.17, 15) is 0 Å². The summed E-state index contributed by atoms with van der Waals surface area (Å²) in [5, 5.41) is 0. The Morgan fingerprint density at radius 3 is 2.85 bits per heavy atom. The van der Waals surface area contributed by atoms with E-state index >= 15 is 0 Å². The fraction of sp³-hybridized carbons (Fsp3) is 0.364. The van der Waals surface area contributed by atoms with Crippen molar-refractivity contribution in [2.45, 2.75) is 26.7 Å². The Bertz CT molecular complexity index is 427. The van der Waals surface area contributed by atoms with Crippen LogP contribution in [0.3, 0.4) is 0 Å². The number of pyridine rings is 1. The predicted octanol–water partition coefficient (Wildman–Crippen LogP) is 2.77. The van der Waals surface area contributed by atoms with Crippen molar-refractivity contribution in [2.24, 2.45) is 0 Å². The molecule has 0 unspecified atom stereocenters. The third kappa shape index (κ3) is 1.22. The number of fused-ring (bicyclic) bond motifs is 1. The van der Waals surface area contributed by atoms with E-state index in [1.165, 1.54) is 11.1 Å². The molecule has 68 valence electrons. The van der Waals surface area contributed by atoms with Crippen LogP contribution in [0.1, 0.15) is 31.2 Å². The molecule has 0 atom stereocenters. The molecule has 0 amide bonds. The molecule has 0 saturated carbocycles. The van der Waals surface area contributed by atoms with Crippen molar-refractivity contribution in [1.82, 2.24) is 9.38 Å². The number of hydrogen-bond acceptors (Lipinski definition) is 1. The van der Waals surface area contributed by atoms with Gasteiger partial charge in [0.05, 0.1) is 11.7 Å². The molecule has 2 rings (SSSR count). The van der Waals surface area contributed by atoms with Crippen molar-refractivity contribution in [3.8, 4) is 0 Å². The van der Waals surface area contributed by atoms with Crippen LogP contribution in [0.5, 0.6) is 0 Å². The van der Waals surface area contributed by atoms with Gasteiger partial charge in [0.1, 0.15) is 5.82 Å². The first-order valence-electron chi connectivity index (χ1n) is 4.62. The Kier molecular flexibility index (Phi) is 1.83. The number of aromatic nitrogens is 2. The van der Waals surface area contributed by atoms with Crippen LogP contribution in [-0.2, 0) is 0 Å². The molecule has 2 aromatic heterocycles. The van der Waals surface area contributed by atoms with E-state index in [1.54, 1.807) is 0 Å². The van der Waals surface area contributed by atoms with Crippen molar-refractivity contribution in [3.63, 3.8) is 0 Å². The van der Waals surface area contributed by atoms with Gasteiger partial charge in [-0.3, -0.25) is 0 Å². The van der Waals surface area contributed by atoms with Gasteiger partial charge in [-0.25, -0.2) is 4.98 Å². The van der Waals surface area contributed by atoms with Gasteiger partial charge in [-0.2, -0.15) is 0 Å². The molecule has 0 N–H and O–H groups in total. The van der Waals surface area contributed by atoms with Gasteiger partial charge in [-0.05, 0) is 24.5 Å². The van der Waals surface area contributed by atoms with Gasteiger partial charge in [0.2, 0.25) is 0 Å². The highest BCUT2D eigenvalue weighted by Gasteiger charge is 2.06. The van der Waals surface area contributed by atoms with Gasteiger partial charge >= 0.3 is 0 Å². The monoisotopic (exact) mass is 174 g/mol. The number of rotatable bonds is 1. The topological polar surface area (TPSA) is 17.3 Å². The van der Waals surface area contributed by atoms with Gasteiger partial charge in [-0.15, -0.1) is 0 Å². The summed E-state index contributed by atoms with van der Waals surface area (Å²) in [7, 11) is 0. The standard InChI is InChI=1S/C11H14N2/c1-8(2)10-5-4-6-13-9(3)12-7-11(10)13/h4-8H,1-3H3. The summed E-state index contributed by atoms with van der Waals surface area (Å²) in [6.45, 7) is 6.44. The van der Waals surface area contributed by atoms with E-state index < -0.39 is 0 Å². The van der Waals surface area contributed by atoms with Crippen molar-refractivity contribution in [1.29, 1.82) is 0 Å². The number of hydrogen-bond donors (Lipinski definition) is 0. The third-order valence-electron chi connectivity index (χ3n) is 2.41. The first-order chi connectivity index (χ1) is 6.20. The summed E-state index contributed by atoms with van der Waals surface area (Å²) in [6.07, 6.45) is 4.01. The largest absolute Gasteiger partial charge is 0.304 e. The van der Waals surface area contributed by atoms with E-state index in [2.05, 4.69) is 41.6 Å². The summed E-state index contributed by atoms with van der Waals surface area (Å²) in [4.78, 5) is 4.30. The Hall–Kier alpha value is -1.31. The summed E-state index contributed by atoms with van der Waals surface area (Å²) in [5.74, 6) is 1.61. The van der Waals surface area contributed by atoms with Crippen LogP contribution in [0.2, 0.25) is 0 Å². The zero-order valence-corrected chi connectivity index (χ0v) is 8.28. The van der Waals surface area contributed by atoms with E-state index in [1.807, 2.05) is 13.1 Å². The lowest BCUT2D eigenvalue weighted by molar-refractivity contribution is 0.865. The Labute approximate surface area is 78.2 Å². The summed E-state index contributed by atoms with van der Waals surface area (Å²) < 4.78 is 2.13. The third-order valence-corrected chi connectivity index (χ3v) is 2.41. The van der Waals surface area contributed by atoms with Crippen LogP contribution in [0.25, 0.3) is 5.52 Å². The summed E-state index contributed by atoms with van der Waals surface area (Å²) in [5.41, 5.74) is 2.60. The molecule has 0 aromatic carbocycles. The summed E-state index contributed by atoms with van der Waals surface area (Å²) in [6, 6.07) is 4.25. The number of nitrogens with zero attached hydrogens (tertiary/aromatic N) is 2. The maximum Gasteiger partial charge on any atom is 0.110 e. The highest BCUT2D eigenvalue weighted by atomic mass is 15.0. The smallest absolute Gasteiger partial charge is 0.110 e. The molecule has 2 nitrogen and oxygen atoms in total. The zero-order chi connectivity index (χ0) is 9.42. The normalized spacial score (nSPS) is 11.4. The number of aryl methyl sites for hydroxylation is 1. The van der Waals surface area contributed by atoms with Crippen LogP contribution in [0.15, 0.2) is 24.5 Å². The molecular weight excluding hydrogens is 160 g/mol. The number of imidazole rings is 1. The molecule has 0 fully saturated rings. The molecule has 0 radical (unpaired) electrons. The molecule has 0 bridgehead atoms. The van der Waals surface area contributed by atoms with Crippen LogP contribution in [0.4, 0.5) is 0 Å². The van der Waals surface area contributed by atoms with Crippen LogP contribution < -0.4 is 0 Å². The van der Waals surface area contributed by atoms with Gasteiger partial charge in [-0.1, -0.05) is 19.9 Å². The zero-order valence-electron chi connectivity index (χ0n) is 8.28. The average molecular weight is 174 g/mol. The van der Waals surface area contributed by atoms with Crippen LogP contribution in [-0.4, -0.2) is 9.38 Å². The maximum absolute atomic E-state index is 4.30. The Morgan fingerprint density at radius 1 is 1.38 bits per heavy atom. The molecule has 0 aliphatic carbocycles. The molecule has 2 heterocycles. The van der Waals surface area contributed by atoms with Gasteiger partial charge in [0.15, 0.2) is 0 Å². The van der Waals surface area contributed by atoms with Crippen molar-refractivity contribution >= 4 is 5.52 Å². The van der Waals surface area contributed by atoms with Gasteiger partial charge in [0.25, 0.3) is 0 Å². The molecule has 0 saturated heterocycles. The fourth-order valence-corrected chi connectivity index (χ4v) is 1.66. The fourth-order valence-electron chi connectivity index (χ4n) is 1.66. The van der Waals surface area contributed by atoms with Crippen molar-refractivity contribution in [2.75, 3.05) is 0 Å². The highest BCUT2D eigenvalue weighted by molar-refractivity contribution is 5.55. The first kappa shape index (κ1) is 8.30. The Morgan fingerprint density at radius 2 is 2.15 bits per heavy atom. The molecular formula is C11H14N2. The molecule has 2 aromatic rings. The van der Waals surface area contributed by atoms with Gasteiger partial charge in [0, 0.05) is 6.20 Å². The molecule has 13 heavy (non-hydrogen) atoms. The summed E-state index contributed by atoms with van der Waals surface area (Å²) >= 11 is 0. The molecule has 0 aliphatic heterocycles.